The second-order valence-corrected chi connectivity index (χ2v) is 4.13. The molecule has 0 aliphatic heterocycles. The first-order chi connectivity index (χ1) is 9.31. The number of nitro benzene ring substituents is 2. The van der Waals surface area contributed by atoms with Gasteiger partial charge in [-0.2, -0.15) is 0 Å². The molecule has 0 saturated carbocycles. The summed E-state index contributed by atoms with van der Waals surface area (Å²) in [6.07, 6.45) is 0.907. The summed E-state index contributed by atoms with van der Waals surface area (Å²) in [6, 6.07) is 3.38. The minimum absolute atomic E-state index is 0.0323. The SMILES string of the molecule is C=C(CCCc1cc([N+](=O)[O-])cc([N+](=O)[O-])c1)C(=O)O. The van der Waals surface area contributed by atoms with Crippen LogP contribution in [0.15, 0.2) is 30.4 Å². The summed E-state index contributed by atoms with van der Waals surface area (Å²) in [4.78, 5) is 30.5. The monoisotopic (exact) mass is 280 g/mol. The van der Waals surface area contributed by atoms with Gasteiger partial charge in [0.2, 0.25) is 0 Å². The van der Waals surface area contributed by atoms with Crippen molar-refractivity contribution in [1.29, 1.82) is 0 Å². The summed E-state index contributed by atoms with van der Waals surface area (Å²) >= 11 is 0. The smallest absolute Gasteiger partial charge is 0.330 e. The van der Waals surface area contributed by atoms with Gasteiger partial charge in [-0.05, 0) is 24.8 Å². The molecule has 1 aromatic carbocycles. The zero-order chi connectivity index (χ0) is 15.3. The number of hydrogen-bond acceptors (Lipinski definition) is 5. The lowest BCUT2D eigenvalue weighted by molar-refractivity contribution is -0.394. The maximum absolute atomic E-state index is 10.7. The third-order valence-electron chi connectivity index (χ3n) is 2.63. The molecule has 0 spiro atoms. The molecule has 1 aromatic rings. The van der Waals surface area contributed by atoms with Crippen LogP contribution in [0, 0.1) is 20.2 Å². The Bertz CT molecular complexity index is 549. The number of carbonyl (C=O) groups is 1. The molecule has 106 valence electrons. The van der Waals surface area contributed by atoms with E-state index in [1.54, 1.807) is 0 Å². The Morgan fingerprint density at radius 3 is 2.05 bits per heavy atom. The van der Waals surface area contributed by atoms with E-state index in [4.69, 9.17) is 5.11 Å². The van der Waals surface area contributed by atoms with E-state index >= 15 is 0 Å². The number of carboxylic acid groups (broad SMARTS) is 1. The van der Waals surface area contributed by atoms with Gasteiger partial charge in [-0.3, -0.25) is 20.2 Å². The van der Waals surface area contributed by atoms with E-state index in [1.807, 2.05) is 0 Å². The maximum Gasteiger partial charge on any atom is 0.330 e. The number of aliphatic carboxylic acids is 1. The summed E-state index contributed by atoms with van der Waals surface area (Å²) in [6.45, 7) is 3.36. The fraction of sp³-hybridized carbons (Fsp3) is 0.250. The normalized spacial score (nSPS) is 10.0. The lowest BCUT2D eigenvalue weighted by Gasteiger charge is -2.02. The molecule has 0 bridgehead atoms. The molecule has 8 heteroatoms. The molecular formula is C12H12N2O6. The van der Waals surface area contributed by atoms with Crippen LogP contribution in [-0.4, -0.2) is 20.9 Å². The van der Waals surface area contributed by atoms with E-state index in [0.29, 0.717) is 18.4 Å². The summed E-state index contributed by atoms with van der Waals surface area (Å²) in [5.41, 5.74) is -0.258. The highest BCUT2D eigenvalue weighted by atomic mass is 16.6. The van der Waals surface area contributed by atoms with E-state index in [-0.39, 0.29) is 23.4 Å². The number of non-ortho nitro benzene ring substituents is 2. The molecule has 0 aliphatic carbocycles. The average Bonchev–Trinajstić information content (AvgIpc) is 2.37. The standard InChI is InChI=1S/C12H12N2O6/c1-8(12(15)16)3-2-4-9-5-10(13(17)18)7-11(6-9)14(19)20/h5-7H,1-4H2,(H,15,16). The summed E-state index contributed by atoms with van der Waals surface area (Å²) in [5, 5.41) is 30.0. The number of rotatable bonds is 7. The van der Waals surface area contributed by atoms with Crippen LogP contribution in [-0.2, 0) is 11.2 Å². The van der Waals surface area contributed by atoms with Crippen LogP contribution in [0.4, 0.5) is 11.4 Å². The summed E-state index contributed by atoms with van der Waals surface area (Å²) < 4.78 is 0. The van der Waals surface area contributed by atoms with Gasteiger partial charge < -0.3 is 5.11 Å². The topological polar surface area (TPSA) is 124 Å². The first kappa shape index (κ1) is 15.3. The second-order valence-electron chi connectivity index (χ2n) is 4.13. The van der Waals surface area contributed by atoms with E-state index < -0.39 is 15.8 Å². The van der Waals surface area contributed by atoms with Gasteiger partial charge >= 0.3 is 5.97 Å². The molecule has 0 atom stereocenters. The molecule has 0 aliphatic rings. The fourth-order valence-electron chi connectivity index (χ4n) is 1.62. The lowest BCUT2D eigenvalue weighted by atomic mass is 10.0. The molecule has 1 N–H and O–H groups in total. The Balaban J connectivity index is 2.84. The molecular weight excluding hydrogens is 268 g/mol. The van der Waals surface area contributed by atoms with Crippen LogP contribution in [0.25, 0.3) is 0 Å². The molecule has 0 amide bonds. The van der Waals surface area contributed by atoms with Crippen molar-refractivity contribution in [3.63, 3.8) is 0 Å². The van der Waals surface area contributed by atoms with Crippen LogP contribution in [0.5, 0.6) is 0 Å². The van der Waals surface area contributed by atoms with Crippen LogP contribution in [0.2, 0.25) is 0 Å². The Hall–Kier alpha value is -2.77. The highest BCUT2D eigenvalue weighted by molar-refractivity contribution is 5.85. The Morgan fingerprint density at radius 1 is 1.15 bits per heavy atom. The van der Waals surface area contributed by atoms with Gasteiger partial charge in [0.1, 0.15) is 0 Å². The Morgan fingerprint density at radius 2 is 1.65 bits per heavy atom. The quantitative estimate of drug-likeness (QED) is 0.464. The molecule has 8 nitrogen and oxygen atoms in total. The van der Waals surface area contributed by atoms with Crippen molar-refractivity contribution in [3.05, 3.63) is 56.1 Å². The van der Waals surface area contributed by atoms with Crippen molar-refractivity contribution >= 4 is 17.3 Å². The summed E-state index contributed by atoms with van der Waals surface area (Å²) in [7, 11) is 0. The molecule has 1 rings (SSSR count). The van der Waals surface area contributed by atoms with Crippen molar-refractivity contribution in [3.8, 4) is 0 Å². The maximum atomic E-state index is 10.7. The first-order valence-corrected chi connectivity index (χ1v) is 5.65. The third kappa shape index (κ3) is 4.16. The van der Waals surface area contributed by atoms with Gasteiger partial charge in [0, 0.05) is 17.7 Å². The van der Waals surface area contributed by atoms with Gasteiger partial charge in [-0.25, -0.2) is 4.79 Å². The third-order valence-corrected chi connectivity index (χ3v) is 2.63. The van der Waals surface area contributed by atoms with E-state index in [9.17, 15) is 25.0 Å². The number of aryl methyl sites for hydroxylation is 1. The molecule has 0 radical (unpaired) electrons. The zero-order valence-electron chi connectivity index (χ0n) is 10.4. The average molecular weight is 280 g/mol. The fourth-order valence-corrected chi connectivity index (χ4v) is 1.62. The van der Waals surface area contributed by atoms with Crippen molar-refractivity contribution in [2.75, 3.05) is 0 Å². The molecule has 0 fully saturated rings. The molecule has 0 saturated heterocycles. The number of nitro groups is 2. The van der Waals surface area contributed by atoms with Crippen molar-refractivity contribution in [2.24, 2.45) is 0 Å². The molecule has 20 heavy (non-hydrogen) atoms. The predicted octanol–water partition coefficient (Wildman–Crippen LogP) is 2.47. The van der Waals surface area contributed by atoms with Gasteiger partial charge in [0.15, 0.2) is 0 Å². The first-order valence-electron chi connectivity index (χ1n) is 5.65. The number of nitrogens with zero attached hydrogens (tertiary/aromatic N) is 2. The van der Waals surface area contributed by atoms with Gasteiger partial charge in [-0.1, -0.05) is 6.58 Å². The van der Waals surface area contributed by atoms with Crippen molar-refractivity contribution < 1.29 is 19.7 Å². The second kappa shape index (κ2) is 6.41. The zero-order valence-corrected chi connectivity index (χ0v) is 10.4. The van der Waals surface area contributed by atoms with Crippen molar-refractivity contribution in [1.82, 2.24) is 0 Å². The van der Waals surface area contributed by atoms with Gasteiger partial charge in [0.25, 0.3) is 11.4 Å². The summed E-state index contributed by atoms with van der Waals surface area (Å²) in [5.74, 6) is -1.10. The number of benzene rings is 1. The highest BCUT2D eigenvalue weighted by Crippen LogP contribution is 2.24. The van der Waals surface area contributed by atoms with Crippen LogP contribution in [0.1, 0.15) is 18.4 Å². The lowest BCUT2D eigenvalue weighted by Crippen LogP contribution is -2.00. The van der Waals surface area contributed by atoms with E-state index in [0.717, 1.165) is 6.07 Å². The number of hydrogen-bond donors (Lipinski definition) is 1. The molecule has 0 aromatic heterocycles. The van der Waals surface area contributed by atoms with Gasteiger partial charge in [-0.15, -0.1) is 0 Å². The highest BCUT2D eigenvalue weighted by Gasteiger charge is 2.16. The predicted molar refractivity (Wildman–Crippen MR) is 69.5 cm³/mol. The van der Waals surface area contributed by atoms with E-state index in [1.165, 1.54) is 12.1 Å². The van der Waals surface area contributed by atoms with E-state index in [2.05, 4.69) is 6.58 Å². The minimum Gasteiger partial charge on any atom is -0.478 e. The Kier molecular flexibility index (Phi) is 4.90. The van der Waals surface area contributed by atoms with Crippen LogP contribution in [0.3, 0.4) is 0 Å². The molecule has 0 unspecified atom stereocenters. The minimum atomic E-state index is -1.10. The Labute approximate surface area is 113 Å². The number of carboxylic acids is 1. The van der Waals surface area contributed by atoms with Crippen LogP contribution >= 0.6 is 0 Å². The van der Waals surface area contributed by atoms with Gasteiger partial charge in [0.05, 0.1) is 15.9 Å². The van der Waals surface area contributed by atoms with Crippen LogP contribution < -0.4 is 0 Å². The van der Waals surface area contributed by atoms with Crippen molar-refractivity contribution in [2.45, 2.75) is 19.3 Å². The molecule has 0 heterocycles. The largest absolute Gasteiger partial charge is 0.478 e.